The molecule has 3 N–H and O–H groups in total. The van der Waals surface area contributed by atoms with Gasteiger partial charge in [-0.05, 0) is 39.5 Å². The highest BCUT2D eigenvalue weighted by Crippen LogP contribution is 2.27. The van der Waals surface area contributed by atoms with Gasteiger partial charge in [-0.3, -0.25) is 4.40 Å². The lowest BCUT2D eigenvalue weighted by Crippen LogP contribution is -2.30. The normalized spacial score (nSPS) is 19.3. The molecule has 0 amide bonds. The van der Waals surface area contributed by atoms with Gasteiger partial charge in [0.15, 0.2) is 4.96 Å². The summed E-state index contributed by atoms with van der Waals surface area (Å²) in [6.07, 6.45) is 1.24. The van der Waals surface area contributed by atoms with Crippen molar-refractivity contribution in [3.63, 3.8) is 0 Å². The van der Waals surface area contributed by atoms with Gasteiger partial charge >= 0.3 is 12.1 Å². The summed E-state index contributed by atoms with van der Waals surface area (Å²) in [6, 6.07) is 0.321. The number of thiazole rings is 1. The van der Waals surface area contributed by atoms with Gasteiger partial charge in [-0.15, -0.1) is 11.3 Å². The fourth-order valence-corrected chi connectivity index (χ4v) is 4.06. The minimum absolute atomic E-state index is 0.239. The number of aliphatic carboxylic acids is 1. The summed E-state index contributed by atoms with van der Waals surface area (Å²) < 4.78 is 45.0. The van der Waals surface area contributed by atoms with Crippen molar-refractivity contribution in [2.45, 2.75) is 64.5 Å². The molecular weight excluding hydrogens is 439 g/mol. The molecule has 3 heterocycles. The van der Waals surface area contributed by atoms with E-state index in [1.54, 1.807) is 11.3 Å². The largest absolute Gasteiger partial charge is 0.490 e. The van der Waals surface area contributed by atoms with Gasteiger partial charge in [0.1, 0.15) is 12.3 Å². The second-order valence-electron chi connectivity index (χ2n) is 7.20. The first-order valence-corrected chi connectivity index (χ1v) is 10.3. The SMILES string of the molecule is Cc1cn2c(-c3noc(COC4CCC(N)CC4)n3)c(C)nc2s1.O=C(O)C(F)(F)F. The lowest BCUT2D eigenvalue weighted by atomic mass is 9.94. The highest BCUT2D eigenvalue weighted by atomic mass is 32.1. The molecule has 1 saturated carbocycles. The number of imidazole rings is 1. The van der Waals surface area contributed by atoms with Crippen LogP contribution in [0.25, 0.3) is 16.5 Å². The summed E-state index contributed by atoms with van der Waals surface area (Å²) in [5, 5.41) is 11.2. The number of aromatic nitrogens is 4. The summed E-state index contributed by atoms with van der Waals surface area (Å²) in [5.41, 5.74) is 7.70. The first-order valence-electron chi connectivity index (χ1n) is 9.50. The van der Waals surface area contributed by atoms with Gasteiger partial charge in [-0.2, -0.15) is 18.2 Å². The highest BCUT2D eigenvalue weighted by Gasteiger charge is 2.38. The second-order valence-corrected chi connectivity index (χ2v) is 8.42. The fourth-order valence-electron chi connectivity index (χ4n) is 3.19. The monoisotopic (exact) mass is 461 g/mol. The van der Waals surface area contributed by atoms with Gasteiger partial charge < -0.3 is 20.1 Å². The maximum Gasteiger partial charge on any atom is 0.490 e. The molecule has 3 aromatic rings. The number of alkyl halides is 3. The van der Waals surface area contributed by atoms with Gasteiger partial charge in [0.05, 0.1) is 11.8 Å². The molecule has 0 atom stereocenters. The molecule has 0 saturated heterocycles. The van der Waals surface area contributed by atoms with Gasteiger partial charge in [0.2, 0.25) is 5.82 Å². The quantitative estimate of drug-likeness (QED) is 0.604. The van der Waals surface area contributed by atoms with E-state index in [9.17, 15) is 13.2 Å². The number of carboxylic acid groups (broad SMARTS) is 1. The number of rotatable bonds is 4. The highest BCUT2D eigenvalue weighted by molar-refractivity contribution is 7.17. The number of nitrogens with zero attached hydrogens (tertiary/aromatic N) is 4. The molecule has 0 radical (unpaired) electrons. The summed E-state index contributed by atoms with van der Waals surface area (Å²) in [6.45, 7) is 4.36. The molecule has 31 heavy (non-hydrogen) atoms. The number of fused-ring (bicyclic) bond motifs is 1. The molecule has 0 unspecified atom stereocenters. The molecule has 0 aliphatic heterocycles. The van der Waals surface area contributed by atoms with Crippen molar-refractivity contribution >= 4 is 22.3 Å². The van der Waals surface area contributed by atoms with Crippen LogP contribution in [0.5, 0.6) is 0 Å². The van der Waals surface area contributed by atoms with E-state index < -0.39 is 12.1 Å². The van der Waals surface area contributed by atoms with Crippen molar-refractivity contribution in [2.24, 2.45) is 5.73 Å². The molecule has 13 heteroatoms. The van der Waals surface area contributed by atoms with Crippen molar-refractivity contribution in [3.8, 4) is 11.5 Å². The van der Waals surface area contributed by atoms with Crippen LogP contribution in [0.15, 0.2) is 10.7 Å². The Bertz CT molecular complexity index is 1040. The van der Waals surface area contributed by atoms with E-state index >= 15 is 0 Å². The Kier molecular flexibility index (Phi) is 6.96. The van der Waals surface area contributed by atoms with Crippen molar-refractivity contribution < 1.29 is 32.3 Å². The fraction of sp³-hybridized carbons (Fsp3) is 0.556. The van der Waals surface area contributed by atoms with Crippen LogP contribution >= 0.6 is 11.3 Å². The number of hydrogen-bond donors (Lipinski definition) is 2. The molecule has 0 aromatic carbocycles. The maximum atomic E-state index is 10.6. The lowest BCUT2D eigenvalue weighted by molar-refractivity contribution is -0.192. The number of nitrogens with two attached hydrogens (primary N) is 1. The lowest BCUT2D eigenvalue weighted by Gasteiger charge is -2.25. The third-order valence-corrected chi connectivity index (χ3v) is 5.60. The minimum Gasteiger partial charge on any atom is -0.475 e. The van der Waals surface area contributed by atoms with E-state index in [1.165, 1.54) is 4.88 Å². The van der Waals surface area contributed by atoms with E-state index in [4.69, 9.17) is 24.9 Å². The smallest absolute Gasteiger partial charge is 0.475 e. The standard InChI is InChI=1S/C16H21N5O2S.C2HF3O2/c1-9-7-21-14(10(2)18-16(21)24-9)15-19-13(23-20-15)8-22-12-5-3-11(17)4-6-12;3-2(4,5)1(6)7/h7,11-12H,3-6,8,17H2,1-2H3;(H,6,7). The topological polar surface area (TPSA) is 129 Å². The first kappa shape index (κ1) is 23.2. The van der Waals surface area contributed by atoms with Crippen LogP contribution in [0.4, 0.5) is 13.2 Å². The zero-order valence-electron chi connectivity index (χ0n) is 16.8. The van der Waals surface area contributed by atoms with E-state index in [2.05, 4.69) is 22.0 Å². The Morgan fingerprint density at radius 1 is 1.32 bits per heavy atom. The molecular formula is C18H22F3N5O4S. The molecule has 1 fully saturated rings. The van der Waals surface area contributed by atoms with Crippen molar-refractivity contribution in [1.82, 2.24) is 19.5 Å². The molecule has 0 spiro atoms. The Labute approximate surface area is 179 Å². The van der Waals surface area contributed by atoms with E-state index in [0.29, 0.717) is 24.4 Å². The zero-order valence-corrected chi connectivity index (χ0v) is 17.7. The van der Waals surface area contributed by atoms with Crippen LogP contribution in [0.1, 0.15) is 42.1 Å². The Hall–Kier alpha value is -2.51. The minimum atomic E-state index is -5.08. The summed E-state index contributed by atoms with van der Waals surface area (Å²) in [7, 11) is 0. The van der Waals surface area contributed by atoms with Crippen LogP contribution in [0, 0.1) is 13.8 Å². The zero-order chi connectivity index (χ0) is 22.8. The first-order chi connectivity index (χ1) is 14.5. The van der Waals surface area contributed by atoms with Crippen molar-refractivity contribution in [2.75, 3.05) is 0 Å². The average Bonchev–Trinajstić information content (AvgIpc) is 3.35. The van der Waals surface area contributed by atoms with Gasteiger partial charge in [-0.25, -0.2) is 9.78 Å². The maximum absolute atomic E-state index is 10.6. The summed E-state index contributed by atoms with van der Waals surface area (Å²) in [5.74, 6) is -1.70. The Morgan fingerprint density at radius 2 is 1.97 bits per heavy atom. The van der Waals surface area contributed by atoms with Gasteiger partial charge in [0.25, 0.3) is 5.89 Å². The van der Waals surface area contributed by atoms with Crippen molar-refractivity contribution in [1.29, 1.82) is 0 Å². The van der Waals surface area contributed by atoms with Crippen LogP contribution in [0.2, 0.25) is 0 Å². The number of aryl methyl sites for hydroxylation is 2. The number of ether oxygens (including phenoxy) is 1. The number of carboxylic acids is 1. The average molecular weight is 461 g/mol. The van der Waals surface area contributed by atoms with E-state index in [-0.39, 0.29) is 6.10 Å². The van der Waals surface area contributed by atoms with Gasteiger partial charge in [-0.1, -0.05) is 5.16 Å². The number of carbonyl (C=O) groups is 1. The number of hydrogen-bond acceptors (Lipinski definition) is 8. The van der Waals surface area contributed by atoms with Crippen LogP contribution in [-0.4, -0.2) is 48.9 Å². The molecule has 1 aliphatic rings. The molecule has 0 bridgehead atoms. The van der Waals surface area contributed by atoms with Crippen LogP contribution < -0.4 is 5.73 Å². The Morgan fingerprint density at radius 3 is 2.58 bits per heavy atom. The summed E-state index contributed by atoms with van der Waals surface area (Å²) in [4.78, 5) is 20.1. The van der Waals surface area contributed by atoms with Crippen molar-refractivity contribution in [3.05, 3.63) is 22.7 Å². The third kappa shape index (κ3) is 5.80. The third-order valence-electron chi connectivity index (χ3n) is 4.70. The van der Waals surface area contributed by atoms with E-state index in [0.717, 1.165) is 42.0 Å². The van der Waals surface area contributed by atoms with Crippen LogP contribution in [0.3, 0.4) is 0 Å². The predicted octanol–water partition coefficient (Wildman–Crippen LogP) is 3.48. The molecule has 4 rings (SSSR count). The predicted molar refractivity (Wildman–Crippen MR) is 105 cm³/mol. The van der Waals surface area contributed by atoms with Crippen LogP contribution in [-0.2, 0) is 16.1 Å². The molecule has 3 aromatic heterocycles. The number of halogens is 3. The van der Waals surface area contributed by atoms with Gasteiger partial charge in [0, 0.05) is 17.1 Å². The molecule has 170 valence electrons. The van der Waals surface area contributed by atoms with E-state index in [1.807, 2.05) is 17.5 Å². The summed E-state index contributed by atoms with van der Waals surface area (Å²) >= 11 is 1.65. The molecule has 1 aliphatic carbocycles. The second kappa shape index (κ2) is 9.32. The Balaban J connectivity index is 0.000000339. The molecule has 9 nitrogen and oxygen atoms in total.